The van der Waals surface area contributed by atoms with Crippen molar-refractivity contribution in [2.45, 2.75) is 31.6 Å². The van der Waals surface area contributed by atoms with Crippen molar-refractivity contribution < 1.29 is 0 Å². The first-order chi connectivity index (χ1) is 3.62. The molecule has 0 N–H and O–H groups in total. The van der Waals surface area contributed by atoms with Gasteiger partial charge in [-0.05, 0) is 13.3 Å². The van der Waals surface area contributed by atoms with Crippen molar-refractivity contribution in [2.24, 2.45) is 0 Å². The van der Waals surface area contributed by atoms with Crippen LogP contribution in [0.25, 0.3) is 0 Å². The summed E-state index contributed by atoms with van der Waals surface area (Å²) in [7, 11) is 0. The number of rotatable bonds is 3. The van der Waals surface area contributed by atoms with Crippen LogP contribution in [0.1, 0.15) is 26.7 Å². The fraction of sp³-hybridized carbons (Fsp3) is 0.833. The van der Waals surface area contributed by atoms with E-state index in [1.807, 2.05) is 6.92 Å². The third kappa shape index (κ3) is 3.57. The Morgan fingerprint density at radius 1 is 1.62 bits per heavy atom. The Morgan fingerprint density at radius 2 is 2.12 bits per heavy atom. The molecule has 1 atom stereocenters. The first-order valence-corrected chi connectivity index (χ1v) is 3.57. The lowest BCUT2D eigenvalue weighted by Gasteiger charge is -2.15. The lowest BCUT2D eigenvalue weighted by molar-refractivity contribution is 0.657. The summed E-state index contributed by atoms with van der Waals surface area (Å²) in [6.45, 7) is 3.99. The molecule has 0 aromatic rings. The second kappa shape index (κ2) is 3.58. The molecule has 0 bridgehead atoms. The molecule has 2 heteroatoms. The van der Waals surface area contributed by atoms with Crippen LogP contribution in [0, 0.1) is 5.88 Å². The van der Waals surface area contributed by atoms with Gasteiger partial charge in [-0.15, -0.1) is 23.2 Å². The van der Waals surface area contributed by atoms with E-state index in [4.69, 9.17) is 23.2 Å². The third-order valence-electron chi connectivity index (χ3n) is 0.966. The van der Waals surface area contributed by atoms with Gasteiger partial charge in [-0.25, -0.2) is 0 Å². The van der Waals surface area contributed by atoms with E-state index in [1.54, 1.807) is 0 Å². The van der Waals surface area contributed by atoms with Crippen molar-refractivity contribution in [3.8, 4) is 0 Å². The van der Waals surface area contributed by atoms with Crippen molar-refractivity contribution in [3.05, 3.63) is 5.88 Å². The van der Waals surface area contributed by atoms with Crippen molar-refractivity contribution in [1.82, 2.24) is 0 Å². The molecule has 0 fully saturated rings. The van der Waals surface area contributed by atoms with Crippen LogP contribution in [-0.2, 0) is 0 Å². The molecule has 0 aliphatic heterocycles. The van der Waals surface area contributed by atoms with E-state index >= 15 is 0 Å². The average molecular weight is 154 g/mol. The van der Waals surface area contributed by atoms with Gasteiger partial charge in [0.25, 0.3) is 0 Å². The van der Waals surface area contributed by atoms with E-state index in [0.717, 1.165) is 12.8 Å². The summed E-state index contributed by atoms with van der Waals surface area (Å²) < 4.78 is 0. The average Bonchev–Trinajstić information content (AvgIpc) is 1.67. The molecule has 0 saturated heterocycles. The Hall–Kier alpha value is 0.580. The molecule has 0 rings (SSSR count). The largest absolute Gasteiger partial charge is 0.119 e. The van der Waals surface area contributed by atoms with Gasteiger partial charge in [0.15, 0.2) is 0 Å². The highest BCUT2D eigenvalue weighted by Crippen LogP contribution is 2.25. The van der Waals surface area contributed by atoms with Gasteiger partial charge in [0, 0.05) is 0 Å². The topological polar surface area (TPSA) is 0 Å². The van der Waals surface area contributed by atoms with Gasteiger partial charge in [0.1, 0.15) is 0 Å². The van der Waals surface area contributed by atoms with E-state index in [-0.39, 0.29) is 4.87 Å². The summed E-state index contributed by atoms with van der Waals surface area (Å²) >= 11 is 11.2. The molecule has 1 unspecified atom stereocenters. The van der Waals surface area contributed by atoms with Gasteiger partial charge in [0.2, 0.25) is 0 Å². The van der Waals surface area contributed by atoms with Crippen molar-refractivity contribution in [2.75, 3.05) is 0 Å². The van der Waals surface area contributed by atoms with E-state index in [1.165, 1.54) is 5.88 Å². The SMILES string of the molecule is CCCC(C)(Cl)[CH]Cl. The molecular formula is C6H11Cl2. The molecule has 0 nitrogen and oxygen atoms in total. The Kier molecular flexibility index (Phi) is 3.84. The molecule has 1 radical (unpaired) electrons. The number of alkyl halides is 1. The first kappa shape index (κ1) is 8.58. The molecule has 0 aliphatic carbocycles. The summed E-state index contributed by atoms with van der Waals surface area (Å²) in [6, 6.07) is 0. The maximum absolute atomic E-state index is 5.83. The molecule has 0 saturated carbocycles. The van der Waals surface area contributed by atoms with Gasteiger partial charge in [-0.3, -0.25) is 0 Å². The Bertz CT molecular complexity index is 59.5. The minimum atomic E-state index is -0.295. The standard InChI is InChI=1S/C6H11Cl2/c1-3-4-6(2,8)5-7/h5H,3-4H2,1-2H3. The maximum Gasteiger partial charge on any atom is 0.0705 e. The van der Waals surface area contributed by atoms with Crippen LogP contribution >= 0.6 is 23.2 Å². The highest BCUT2D eigenvalue weighted by Gasteiger charge is 2.17. The van der Waals surface area contributed by atoms with Crippen molar-refractivity contribution in [1.29, 1.82) is 0 Å². The molecule has 0 aromatic heterocycles. The fourth-order valence-electron chi connectivity index (χ4n) is 0.543. The van der Waals surface area contributed by atoms with Gasteiger partial charge in [-0.1, -0.05) is 13.3 Å². The van der Waals surface area contributed by atoms with Crippen LogP contribution in [0.4, 0.5) is 0 Å². The van der Waals surface area contributed by atoms with Crippen LogP contribution in [0.2, 0.25) is 0 Å². The van der Waals surface area contributed by atoms with Gasteiger partial charge >= 0.3 is 0 Å². The zero-order valence-corrected chi connectivity index (χ0v) is 6.76. The lowest BCUT2D eigenvalue weighted by Crippen LogP contribution is -2.12. The molecule has 0 spiro atoms. The van der Waals surface area contributed by atoms with Crippen molar-refractivity contribution >= 4 is 23.2 Å². The Labute approximate surface area is 61.2 Å². The predicted molar refractivity (Wildman–Crippen MR) is 39.3 cm³/mol. The minimum absolute atomic E-state index is 0.295. The van der Waals surface area contributed by atoms with E-state index in [2.05, 4.69) is 6.92 Å². The molecule has 8 heavy (non-hydrogen) atoms. The normalized spacial score (nSPS) is 18.0. The van der Waals surface area contributed by atoms with Crippen LogP contribution in [0.3, 0.4) is 0 Å². The maximum atomic E-state index is 5.83. The molecular weight excluding hydrogens is 143 g/mol. The Balaban J connectivity index is 3.37. The second-order valence-electron chi connectivity index (χ2n) is 2.14. The lowest BCUT2D eigenvalue weighted by atomic mass is 10.1. The van der Waals surface area contributed by atoms with Crippen LogP contribution in [0.15, 0.2) is 0 Å². The van der Waals surface area contributed by atoms with Gasteiger partial charge < -0.3 is 0 Å². The zero-order valence-electron chi connectivity index (χ0n) is 5.25. The van der Waals surface area contributed by atoms with E-state index < -0.39 is 0 Å². The minimum Gasteiger partial charge on any atom is -0.119 e. The summed E-state index contributed by atoms with van der Waals surface area (Å²) in [5.41, 5.74) is 0. The first-order valence-electron chi connectivity index (χ1n) is 2.76. The number of hydrogen-bond donors (Lipinski definition) is 0. The Morgan fingerprint density at radius 3 is 2.25 bits per heavy atom. The van der Waals surface area contributed by atoms with E-state index in [0.29, 0.717) is 0 Å². The molecule has 49 valence electrons. The summed E-state index contributed by atoms with van der Waals surface area (Å²) in [5, 5.41) is 0. The van der Waals surface area contributed by atoms with Crippen LogP contribution in [0.5, 0.6) is 0 Å². The summed E-state index contributed by atoms with van der Waals surface area (Å²) in [5.74, 6) is 1.51. The molecule has 0 heterocycles. The van der Waals surface area contributed by atoms with Crippen LogP contribution in [-0.4, -0.2) is 4.87 Å². The molecule has 0 amide bonds. The second-order valence-corrected chi connectivity index (χ2v) is 3.22. The third-order valence-corrected chi connectivity index (χ3v) is 1.86. The zero-order chi connectivity index (χ0) is 6.62. The van der Waals surface area contributed by atoms with Gasteiger partial charge in [-0.2, -0.15) is 0 Å². The predicted octanol–water partition coefficient (Wildman–Crippen LogP) is 3.18. The van der Waals surface area contributed by atoms with Crippen LogP contribution < -0.4 is 0 Å². The monoisotopic (exact) mass is 153 g/mol. The quantitative estimate of drug-likeness (QED) is 0.547. The van der Waals surface area contributed by atoms with Crippen molar-refractivity contribution in [3.63, 3.8) is 0 Å². The molecule has 0 aromatic carbocycles. The van der Waals surface area contributed by atoms with Gasteiger partial charge in [0.05, 0.1) is 10.8 Å². The highest BCUT2D eigenvalue weighted by atomic mass is 35.5. The summed E-state index contributed by atoms with van der Waals surface area (Å²) in [4.78, 5) is -0.295. The summed E-state index contributed by atoms with van der Waals surface area (Å²) in [6.07, 6.45) is 2.02. The molecule has 0 aliphatic rings. The van der Waals surface area contributed by atoms with E-state index in [9.17, 15) is 0 Å². The number of halogens is 2. The number of hydrogen-bond acceptors (Lipinski definition) is 0. The highest BCUT2D eigenvalue weighted by molar-refractivity contribution is 6.34. The smallest absolute Gasteiger partial charge is 0.0705 e. The fourth-order valence-corrected chi connectivity index (χ4v) is 0.841.